The molecule has 15 heavy (non-hydrogen) atoms. The molecule has 0 saturated carbocycles. The molecule has 0 heterocycles. The minimum atomic E-state index is 0.644. The molecule has 0 aromatic heterocycles. The Morgan fingerprint density at radius 3 is 2.27 bits per heavy atom. The van der Waals surface area contributed by atoms with Crippen LogP contribution in [0.25, 0.3) is 0 Å². The summed E-state index contributed by atoms with van der Waals surface area (Å²) in [5.74, 6) is 1.57. The summed E-state index contributed by atoms with van der Waals surface area (Å²) in [6.45, 7) is 1.97. The first-order valence-electron chi connectivity index (χ1n) is 4.58. The third kappa shape index (κ3) is 2.39. The van der Waals surface area contributed by atoms with E-state index >= 15 is 0 Å². The molecule has 1 N–H and O–H groups in total. The van der Waals surface area contributed by atoms with Crippen LogP contribution in [0.2, 0.25) is 0 Å². The highest BCUT2D eigenvalue weighted by Crippen LogP contribution is 2.28. The third-order valence-electron chi connectivity index (χ3n) is 2.19. The van der Waals surface area contributed by atoms with E-state index in [2.05, 4.69) is 5.32 Å². The van der Waals surface area contributed by atoms with Crippen molar-refractivity contribution in [2.45, 2.75) is 6.92 Å². The van der Waals surface area contributed by atoms with Crippen molar-refractivity contribution in [2.24, 2.45) is 0 Å². The molecule has 1 rings (SSSR count). The zero-order valence-electron chi connectivity index (χ0n) is 9.38. The number of benzene rings is 1. The Hall–Kier alpha value is -1.29. The summed E-state index contributed by atoms with van der Waals surface area (Å²) >= 11 is 5.18. The molecule has 0 fully saturated rings. The summed E-state index contributed by atoms with van der Waals surface area (Å²) in [5.41, 5.74) is 1.87. The molecule has 1 aromatic rings. The molecule has 0 aliphatic heterocycles. The molecular weight excluding hydrogens is 210 g/mol. The van der Waals surface area contributed by atoms with Crippen molar-refractivity contribution in [3.63, 3.8) is 0 Å². The second kappa shape index (κ2) is 4.98. The molecule has 0 radical (unpaired) electrons. The van der Waals surface area contributed by atoms with Crippen molar-refractivity contribution in [3.8, 4) is 11.5 Å². The summed E-state index contributed by atoms with van der Waals surface area (Å²) in [5, 5.41) is 2.92. The van der Waals surface area contributed by atoms with Crippen molar-refractivity contribution in [1.29, 1.82) is 0 Å². The average molecular weight is 225 g/mol. The summed E-state index contributed by atoms with van der Waals surface area (Å²) in [4.78, 5) is 0.644. The summed E-state index contributed by atoms with van der Waals surface area (Å²) in [7, 11) is 5.05. The van der Waals surface area contributed by atoms with Gasteiger partial charge >= 0.3 is 0 Å². The van der Waals surface area contributed by atoms with Gasteiger partial charge in [-0.15, -0.1) is 0 Å². The van der Waals surface area contributed by atoms with E-state index in [0.717, 1.165) is 22.6 Å². The topological polar surface area (TPSA) is 30.5 Å². The van der Waals surface area contributed by atoms with E-state index in [4.69, 9.17) is 21.7 Å². The SMILES string of the molecule is CNC(=S)c1cc(OC)c(C)cc1OC. The maximum Gasteiger partial charge on any atom is 0.129 e. The van der Waals surface area contributed by atoms with E-state index in [1.165, 1.54) is 0 Å². The van der Waals surface area contributed by atoms with Crippen LogP contribution in [0.3, 0.4) is 0 Å². The van der Waals surface area contributed by atoms with Crippen LogP contribution in [-0.2, 0) is 0 Å². The van der Waals surface area contributed by atoms with Gasteiger partial charge in [-0.2, -0.15) is 0 Å². The van der Waals surface area contributed by atoms with Gasteiger partial charge in [-0.3, -0.25) is 0 Å². The van der Waals surface area contributed by atoms with Gasteiger partial charge < -0.3 is 14.8 Å². The maximum absolute atomic E-state index is 5.27. The van der Waals surface area contributed by atoms with Crippen molar-refractivity contribution in [1.82, 2.24) is 5.32 Å². The zero-order chi connectivity index (χ0) is 11.4. The van der Waals surface area contributed by atoms with E-state index in [-0.39, 0.29) is 0 Å². The quantitative estimate of drug-likeness (QED) is 0.796. The van der Waals surface area contributed by atoms with Gasteiger partial charge in [-0.1, -0.05) is 12.2 Å². The predicted octanol–water partition coefficient (Wildman–Crippen LogP) is 1.91. The van der Waals surface area contributed by atoms with Crippen LogP contribution in [0, 0.1) is 6.92 Å². The van der Waals surface area contributed by atoms with Gasteiger partial charge in [0.05, 0.1) is 19.8 Å². The Labute approximate surface area is 95.4 Å². The van der Waals surface area contributed by atoms with Crippen LogP contribution >= 0.6 is 12.2 Å². The first kappa shape index (κ1) is 11.8. The fourth-order valence-electron chi connectivity index (χ4n) is 1.36. The van der Waals surface area contributed by atoms with Crippen LogP contribution in [0.15, 0.2) is 12.1 Å². The summed E-state index contributed by atoms with van der Waals surface area (Å²) < 4.78 is 10.5. The van der Waals surface area contributed by atoms with Gasteiger partial charge in [-0.05, 0) is 24.6 Å². The molecule has 3 nitrogen and oxygen atoms in total. The second-order valence-corrected chi connectivity index (χ2v) is 3.51. The number of hydrogen-bond donors (Lipinski definition) is 1. The van der Waals surface area contributed by atoms with E-state index in [1.807, 2.05) is 19.1 Å². The molecule has 0 aliphatic rings. The summed E-state index contributed by atoms with van der Waals surface area (Å²) in [6, 6.07) is 3.80. The minimum absolute atomic E-state index is 0.644. The molecule has 0 atom stereocenters. The number of aryl methyl sites for hydroxylation is 1. The molecule has 82 valence electrons. The Balaban J connectivity index is 3.28. The van der Waals surface area contributed by atoms with E-state index in [0.29, 0.717) is 4.99 Å². The number of ether oxygens (including phenoxy) is 2. The van der Waals surface area contributed by atoms with E-state index < -0.39 is 0 Å². The fourth-order valence-corrected chi connectivity index (χ4v) is 1.52. The third-order valence-corrected chi connectivity index (χ3v) is 2.61. The van der Waals surface area contributed by atoms with Gasteiger partial charge in [0.25, 0.3) is 0 Å². The number of thiocarbonyl (C=S) groups is 1. The molecule has 0 bridgehead atoms. The van der Waals surface area contributed by atoms with Gasteiger partial charge in [0.15, 0.2) is 0 Å². The maximum atomic E-state index is 5.27. The number of nitrogens with one attached hydrogen (secondary N) is 1. The number of hydrogen-bond acceptors (Lipinski definition) is 3. The Kier molecular flexibility index (Phi) is 3.91. The second-order valence-electron chi connectivity index (χ2n) is 3.10. The highest BCUT2D eigenvalue weighted by Gasteiger charge is 2.11. The molecular formula is C11H15NO2S. The number of methoxy groups -OCH3 is 2. The number of rotatable bonds is 3. The summed E-state index contributed by atoms with van der Waals surface area (Å²) in [6.07, 6.45) is 0. The highest BCUT2D eigenvalue weighted by molar-refractivity contribution is 7.80. The van der Waals surface area contributed by atoms with Gasteiger partial charge in [0.2, 0.25) is 0 Å². The lowest BCUT2D eigenvalue weighted by Crippen LogP contribution is -2.17. The van der Waals surface area contributed by atoms with Gasteiger partial charge in [0, 0.05) is 7.05 Å². The van der Waals surface area contributed by atoms with Crippen LogP contribution < -0.4 is 14.8 Å². The standard InChI is InChI=1S/C11H15NO2S/c1-7-5-10(14-4)8(11(15)12-2)6-9(7)13-3/h5-6H,1-4H3,(H,12,15). The van der Waals surface area contributed by atoms with Gasteiger partial charge in [-0.25, -0.2) is 0 Å². The Morgan fingerprint density at radius 1 is 1.20 bits per heavy atom. The smallest absolute Gasteiger partial charge is 0.129 e. The zero-order valence-corrected chi connectivity index (χ0v) is 10.2. The molecule has 0 unspecified atom stereocenters. The Morgan fingerprint density at radius 2 is 1.80 bits per heavy atom. The van der Waals surface area contributed by atoms with E-state index in [1.54, 1.807) is 21.3 Å². The van der Waals surface area contributed by atoms with Crippen molar-refractivity contribution >= 4 is 17.2 Å². The molecule has 0 saturated heterocycles. The fraction of sp³-hybridized carbons (Fsp3) is 0.364. The lowest BCUT2D eigenvalue weighted by molar-refractivity contribution is 0.400. The van der Waals surface area contributed by atoms with Crippen LogP contribution in [0.5, 0.6) is 11.5 Å². The van der Waals surface area contributed by atoms with Crippen LogP contribution in [0.4, 0.5) is 0 Å². The molecule has 1 aromatic carbocycles. The monoisotopic (exact) mass is 225 g/mol. The first-order valence-corrected chi connectivity index (χ1v) is 4.99. The van der Waals surface area contributed by atoms with E-state index in [9.17, 15) is 0 Å². The first-order chi connectivity index (χ1) is 7.13. The Bertz CT molecular complexity index is 377. The normalized spacial score (nSPS) is 9.60. The largest absolute Gasteiger partial charge is 0.496 e. The molecule has 0 amide bonds. The lowest BCUT2D eigenvalue weighted by Gasteiger charge is -2.13. The van der Waals surface area contributed by atoms with Crippen molar-refractivity contribution in [2.75, 3.05) is 21.3 Å². The molecule has 4 heteroatoms. The van der Waals surface area contributed by atoms with Crippen LogP contribution in [-0.4, -0.2) is 26.3 Å². The van der Waals surface area contributed by atoms with Crippen molar-refractivity contribution in [3.05, 3.63) is 23.3 Å². The van der Waals surface area contributed by atoms with Crippen molar-refractivity contribution < 1.29 is 9.47 Å². The minimum Gasteiger partial charge on any atom is -0.496 e. The average Bonchev–Trinajstić information content (AvgIpc) is 2.27. The lowest BCUT2D eigenvalue weighted by atomic mass is 10.1. The predicted molar refractivity (Wildman–Crippen MR) is 65.0 cm³/mol. The molecule has 0 spiro atoms. The molecule has 0 aliphatic carbocycles. The highest BCUT2D eigenvalue weighted by atomic mass is 32.1. The van der Waals surface area contributed by atoms with Crippen LogP contribution in [0.1, 0.15) is 11.1 Å². The van der Waals surface area contributed by atoms with Gasteiger partial charge in [0.1, 0.15) is 16.5 Å².